The molecule has 0 radical (unpaired) electrons. The van der Waals surface area contributed by atoms with Gasteiger partial charge in [0.25, 0.3) is 0 Å². The Morgan fingerprint density at radius 3 is 2.21 bits per heavy atom. The molecule has 4 aliphatic carbocycles. The summed E-state index contributed by atoms with van der Waals surface area (Å²) in [6.07, 6.45) is 2.10. The van der Waals surface area contributed by atoms with Crippen molar-refractivity contribution in [3.8, 4) is 0 Å². The van der Waals surface area contributed by atoms with Crippen LogP contribution in [0, 0.1) is 58.2 Å². The van der Waals surface area contributed by atoms with E-state index >= 15 is 0 Å². The number of ketones is 1. The molecule has 4 aliphatic rings. The maximum Gasteiger partial charge on any atom is 0.136 e. The lowest BCUT2D eigenvalue weighted by atomic mass is 9.44. The minimum absolute atomic E-state index is 0.00407. The SMILES string of the molecule is CC(C)[C@H](CO)[C@@H](O)[C@H](O)[C@@H](C)[C@H]1CC[C@H]2[C@@H]3CC(=O)[C@H]4C[C@H](O)[C@H](O)C[C@]4(C)[C@H]3CC[C@]12C. The molecule has 0 spiro atoms. The van der Waals surface area contributed by atoms with Gasteiger partial charge in [-0.15, -0.1) is 0 Å². The van der Waals surface area contributed by atoms with E-state index in [0.717, 1.165) is 25.7 Å². The summed E-state index contributed by atoms with van der Waals surface area (Å²) < 4.78 is 0. The predicted octanol–water partition coefficient (Wildman–Crippen LogP) is 2.78. The molecule has 34 heavy (non-hydrogen) atoms. The molecule has 4 fully saturated rings. The molecule has 0 unspecified atom stereocenters. The summed E-state index contributed by atoms with van der Waals surface area (Å²) in [6.45, 7) is 10.4. The first kappa shape index (κ1) is 26.5. The van der Waals surface area contributed by atoms with Gasteiger partial charge in [0.2, 0.25) is 0 Å². The zero-order valence-electron chi connectivity index (χ0n) is 21.7. The molecule has 0 bridgehead atoms. The number of carbonyl (C=O) groups is 1. The Bertz CT molecular complexity index is 755. The highest BCUT2D eigenvalue weighted by Gasteiger charge is 2.63. The van der Waals surface area contributed by atoms with Gasteiger partial charge in [-0.3, -0.25) is 4.79 Å². The van der Waals surface area contributed by atoms with Crippen LogP contribution in [0.3, 0.4) is 0 Å². The first-order valence-electron chi connectivity index (χ1n) is 13.7. The molecule has 0 amide bonds. The Balaban J connectivity index is 1.55. The summed E-state index contributed by atoms with van der Waals surface area (Å²) in [5.41, 5.74) is -0.255. The fourth-order valence-electron chi connectivity index (χ4n) is 9.49. The molecule has 6 heteroatoms. The molecule has 0 aromatic rings. The average molecular weight is 481 g/mol. The molecule has 0 heterocycles. The molecule has 6 nitrogen and oxygen atoms in total. The van der Waals surface area contributed by atoms with Crippen LogP contribution in [-0.4, -0.2) is 62.3 Å². The van der Waals surface area contributed by atoms with Gasteiger partial charge in [-0.25, -0.2) is 0 Å². The normalized spacial score (nSPS) is 48.0. The van der Waals surface area contributed by atoms with Crippen molar-refractivity contribution in [2.45, 2.75) is 104 Å². The van der Waals surface area contributed by atoms with E-state index in [9.17, 15) is 30.3 Å². The van der Waals surface area contributed by atoms with Crippen LogP contribution in [0.1, 0.15) is 79.6 Å². The van der Waals surface area contributed by atoms with Crippen molar-refractivity contribution < 1.29 is 30.3 Å². The molecule has 0 saturated heterocycles. The van der Waals surface area contributed by atoms with Crippen LogP contribution in [-0.2, 0) is 4.79 Å². The Kier molecular flexibility index (Phi) is 7.34. The fraction of sp³-hybridized carbons (Fsp3) is 0.964. The minimum atomic E-state index is -0.954. The first-order valence-corrected chi connectivity index (χ1v) is 13.7. The standard InChI is InChI=1S/C28H48O6/c1-14(2)17(13-29)26(34)25(33)15(3)18-6-7-19-16-10-22(30)21-11-23(31)24(32)12-28(21,5)20(16)8-9-27(18,19)4/h14-21,23-26,29,31-34H,6-13H2,1-5H3/t15-,16-,17-,18+,19-,20-,21+,23-,24+,25+,26+,27+,28+/m0/s1. The lowest BCUT2D eigenvalue weighted by molar-refractivity contribution is -0.175. The van der Waals surface area contributed by atoms with E-state index in [4.69, 9.17) is 0 Å². The second-order valence-corrected chi connectivity index (χ2v) is 13.3. The quantitative estimate of drug-likeness (QED) is 0.399. The molecule has 4 saturated carbocycles. The number of fused-ring (bicyclic) bond motifs is 5. The van der Waals surface area contributed by atoms with Crippen LogP contribution in [0.4, 0.5) is 0 Å². The van der Waals surface area contributed by atoms with Gasteiger partial charge in [-0.1, -0.05) is 34.6 Å². The van der Waals surface area contributed by atoms with E-state index in [1.165, 1.54) is 0 Å². The highest BCUT2D eigenvalue weighted by Crippen LogP contribution is 2.67. The number of carbonyl (C=O) groups excluding carboxylic acids is 1. The number of aliphatic hydroxyl groups excluding tert-OH is 5. The monoisotopic (exact) mass is 480 g/mol. The topological polar surface area (TPSA) is 118 Å². The maximum absolute atomic E-state index is 13.3. The van der Waals surface area contributed by atoms with Crippen molar-refractivity contribution in [1.82, 2.24) is 0 Å². The average Bonchev–Trinajstić information content (AvgIpc) is 3.12. The van der Waals surface area contributed by atoms with Gasteiger partial charge >= 0.3 is 0 Å². The van der Waals surface area contributed by atoms with Crippen molar-refractivity contribution in [1.29, 1.82) is 0 Å². The lowest BCUT2D eigenvalue weighted by Gasteiger charge is -2.61. The summed E-state index contributed by atoms with van der Waals surface area (Å²) >= 11 is 0. The van der Waals surface area contributed by atoms with Crippen molar-refractivity contribution >= 4 is 5.78 Å². The van der Waals surface area contributed by atoms with E-state index in [2.05, 4.69) is 20.8 Å². The second kappa shape index (κ2) is 9.41. The summed E-state index contributed by atoms with van der Waals surface area (Å²) in [7, 11) is 0. The summed E-state index contributed by atoms with van der Waals surface area (Å²) in [4.78, 5) is 13.3. The number of aliphatic hydroxyl groups is 5. The van der Waals surface area contributed by atoms with Crippen molar-refractivity contribution in [2.75, 3.05) is 6.61 Å². The second-order valence-electron chi connectivity index (χ2n) is 13.3. The Hall–Kier alpha value is -0.530. The summed E-state index contributed by atoms with van der Waals surface area (Å²) in [5.74, 6) is 1.05. The Morgan fingerprint density at radius 2 is 1.59 bits per heavy atom. The van der Waals surface area contributed by atoms with Crippen LogP contribution < -0.4 is 0 Å². The molecular weight excluding hydrogens is 432 g/mol. The highest BCUT2D eigenvalue weighted by molar-refractivity contribution is 5.83. The summed E-state index contributed by atoms with van der Waals surface area (Å²) in [6, 6.07) is 0. The number of Topliss-reactive ketones (excluding diaryl/α,β-unsaturated/α-hetero) is 1. The number of hydrogen-bond acceptors (Lipinski definition) is 6. The Morgan fingerprint density at radius 1 is 0.941 bits per heavy atom. The first-order chi connectivity index (χ1) is 15.9. The van der Waals surface area contributed by atoms with E-state index in [1.54, 1.807) is 0 Å². The number of hydrogen-bond donors (Lipinski definition) is 5. The van der Waals surface area contributed by atoms with E-state index < -0.39 is 24.4 Å². The van der Waals surface area contributed by atoms with Crippen LogP contribution in [0.15, 0.2) is 0 Å². The van der Waals surface area contributed by atoms with Crippen molar-refractivity contribution in [3.05, 3.63) is 0 Å². The van der Waals surface area contributed by atoms with Crippen molar-refractivity contribution in [3.63, 3.8) is 0 Å². The lowest BCUT2D eigenvalue weighted by Crippen LogP contribution is -2.59. The van der Waals surface area contributed by atoms with Gasteiger partial charge in [-0.2, -0.15) is 0 Å². The van der Waals surface area contributed by atoms with E-state index in [-0.39, 0.29) is 58.7 Å². The third-order valence-electron chi connectivity index (χ3n) is 11.6. The van der Waals surface area contributed by atoms with Gasteiger partial charge in [-0.05, 0) is 84.9 Å². The molecule has 0 aromatic heterocycles. The van der Waals surface area contributed by atoms with E-state index in [1.807, 2.05) is 13.8 Å². The summed E-state index contributed by atoms with van der Waals surface area (Å²) in [5, 5.41) is 52.6. The van der Waals surface area contributed by atoms with Crippen LogP contribution in [0.25, 0.3) is 0 Å². The highest BCUT2D eigenvalue weighted by atomic mass is 16.3. The molecule has 13 atom stereocenters. The zero-order chi connectivity index (χ0) is 25.2. The minimum Gasteiger partial charge on any atom is -0.396 e. The van der Waals surface area contributed by atoms with E-state index in [0.29, 0.717) is 31.1 Å². The maximum atomic E-state index is 13.3. The zero-order valence-corrected chi connectivity index (χ0v) is 21.7. The van der Waals surface area contributed by atoms with Crippen LogP contribution >= 0.6 is 0 Å². The van der Waals surface area contributed by atoms with Crippen molar-refractivity contribution in [2.24, 2.45) is 58.2 Å². The van der Waals surface area contributed by atoms with Gasteiger partial charge in [0.05, 0.1) is 24.4 Å². The van der Waals surface area contributed by atoms with Gasteiger partial charge in [0.1, 0.15) is 5.78 Å². The molecule has 5 N–H and O–H groups in total. The molecule has 0 aliphatic heterocycles. The number of rotatable bonds is 6. The van der Waals surface area contributed by atoms with Gasteiger partial charge in [0, 0.05) is 24.9 Å². The van der Waals surface area contributed by atoms with Gasteiger partial charge in [0.15, 0.2) is 0 Å². The smallest absolute Gasteiger partial charge is 0.136 e. The largest absolute Gasteiger partial charge is 0.396 e. The molecule has 0 aromatic carbocycles. The molecule has 196 valence electrons. The third kappa shape index (κ3) is 4.00. The molecule has 4 rings (SSSR count). The van der Waals surface area contributed by atoms with Crippen LogP contribution in [0.5, 0.6) is 0 Å². The van der Waals surface area contributed by atoms with Crippen LogP contribution in [0.2, 0.25) is 0 Å². The predicted molar refractivity (Wildman–Crippen MR) is 130 cm³/mol. The fourth-order valence-corrected chi connectivity index (χ4v) is 9.49. The Labute approximate surface area is 205 Å². The van der Waals surface area contributed by atoms with Gasteiger partial charge < -0.3 is 25.5 Å². The third-order valence-corrected chi connectivity index (χ3v) is 11.6. The molecular formula is C28H48O6.